The quantitative estimate of drug-likeness (QED) is 0.666. The van der Waals surface area contributed by atoms with Gasteiger partial charge in [-0.3, -0.25) is 4.57 Å². The van der Waals surface area contributed by atoms with Crippen molar-refractivity contribution in [1.29, 1.82) is 0 Å². The van der Waals surface area contributed by atoms with Gasteiger partial charge in [-0.05, 0) is 24.7 Å². The Balaban J connectivity index is 4.14. The highest BCUT2D eigenvalue weighted by Gasteiger charge is 2.28. The fourth-order valence-electron chi connectivity index (χ4n) is 1.53. The molecule has 0 bridgehead atoms. The molecule has 0 unspecified atom stereocenters. The van der Waals surface area contributed by atoms with Gasteiger partial charge >= 0.3 is 7.60 Å². The van der Waals surface area contributed by atoms with Gasteiger partial charge in [0, 0.05) is 0 Å². The van der Waals surface area contributed by atoms with Crippen molar-refractivity contribution in [1.82, 2.24) is 0 Å². The lowest BCUT2D eigenvalue weighted by atomic mass is 10.0. The van der Waals surface area contributed by atoms with Crippen LogP contribution in [0.2, 0.25) is 0 Å². The lowest BCUT2D eigenvalue weighted by molar-refractivity contribution is 0.340. The van der Waals surface area contributed by atoms with Gasteiger partial charge < -0.3 is 9.79 Å². The standard InChI is InChI=1S/C11H25O3P/c1-9(2)5-7-11(15(12,13)14)8-6-10(3)4/h9-11H,5-8H2,1-4H3,(H2,12,13,14). The minimum absolute atomic E-state index is 0.428. The zero-order chi connectivity index (χ0) is 12.1. The molecule has 0 saturated heterocycles. The van der Waals surface area contributed by atoms with Crippen LogP contribution in [0.15, 0.2) is 0 Å². The summed E-state index contributed by atoms with van der Waals surface area (Å²) in [6.45, 7) is 8.33. The second-order valence-electron chi connectivity index (χ2n) is 5.19. The van der Waals surface area contributed by atoms with Crippen LogP contribution in [0.5, 0.6) is 0 Å². The number of hydrogen-bond donors (Lipinski definition) is 2. The molecule has 0 aromatic carbocycles. The largest absolute Gasteiger partial charge is 0.328 e. The van der Waals surface area contributed by atoms with Gasteiger partial charge in [0.25, 0.3) is 0 Å². The van der Waals surface area contributed by atoms with Gasteiger partial charge in [-0.2, -0.15) is 0 Å². The molecule has 0 fully saturated rings. The van der Waals surface area contributed by atoms with E-state index < -0.39 is 13.3 Å². The first-order valence-corrected chi connectivity index (χ1v) is 7.46. The van der Waals surface area contributed by atoms with Crippen molar-refractivity contribution < 1.29 is 14.4 Å². The Morgan fingerprint density at radius 1 is 0.867 bits per heavy atom. The van der Waals surface area contributed by atoms with E-state index >= 15 is 0 Å². The molecule has 0 amide bonds. The van der Waals surface area contributed by atoms with Crippen molar-refractivity contribution in [2.75, 3.05) is 0 Å². The van der Waals surface area contributed by atoms with Gasteiger partial charge in [0.2, 0.25) is 0 Å². The van der Waals surface area contributed by atoms with E-state index in [9.17, 15) is 14.4 Å². The maximum Gasteiger partial charge on any atom is 0.328 e. The van der Waals surface area contributed by atoms with Crippen molar-refractivity contribution in [3.63, 3.8) is 0 Å². The van der Waals surface area contributed by atoms with Crippen molar-refractivity contribution >= 4 is 7.60 Å². The summed E-state index contributed by atoms with van der Waals surface area (Å²) in [5.41, 5.74) is -0.428. The number of rotatable bonds is 7. The normalized spacial score (nSPS) is 13.1. The molecule has 0 heterocycles. The monoisotopic (exact) mass is 236 g/mol. The van der Waals surface area contributed by atoms with Crippen LogP contribution in [0.4, 0.5) is 0 Å². The predicted molar refractivity (Wildman–Crippen MR) is 64.0 cm³/mol. The lowest BCUT2D eigenvalue weighted by Crippen LogP contribution is -2.11. The smallest absolute Gasteiger partial charge is 0.324 e. The van der Waals surface area contributed by atoms with Gasteiger partial charge in [0.05, 0.1) is 5.66 Å². The SMILES string of the molecule is CC(C)CCC(CCC(C)C)P(=O)(O)O. The topological polar surface area (TPSA) is 57.5 Å². The van der Waals surface area contributed by atoms with Crippen molar-refractivity contribution in [2.45, 2.75) is 59.0 Å². The Morgan fingerprint density at radius 2 is 1.20 bits per heavy atom. The summed E-state index contributed by atoms with van der Waals surface area (Å²) in [5.74, 6) is 1.02. The van der Waals surface area contributed by atoms with Gasteiger partial charge in [0.1, 0.15) is 0 Å². The molecule has 0 radical (unpaired) electrons. The molecule has 0 rings (SSSR count). The minimum Gasteiger partial charge on any atom is -0.324 e. The third-order valence-electron chi connectivity index (χ3n) is 2.63. The first kappa shape index (κ1) is 15.2. The van der Waals surface area contributed by atoms with Gasteiger partial charge in [-0.25, -0.2) is 0 Å². The van der Waals surface area contributed by atoms with E-state index in [0.29, 0.717) is 24.7 Å². The molecular formula is C11H25O3P. The van der Waals surface area contributed by atoms with E-state index in [-0.39, 0.29) is 0 Å². The van der Waals surface area contributed by atoms with Crippen LogP contribution in [0.3, 0.4) is 0 Å². The van der Waals surface area contributed by atoms with Crippen LogP contribution in [-0.2, 0) is 4.57 Å². The summed E-state index contributed by atoms with van der Waals surface area (Å²) in [4.78, 5) is 18.4. The molecule has 0 aliphatic carbocycles. The zero-order valence-electron chi connectivity index (χ0n) is 10.3. The summed E-state index contributed by atoms with van der Waals surface area (Å²) in [6, 6.07) is 0. The van der Waals surface area contributed by atoms with Crippen LogP contribution in [-0.4, -0.2) is 15.4 Å². The summed E-state index contributed by atoms with van der Waals surface area (Å²) in [7, 11) is -3.89. The molecule has 0 saturated carbocycles. The lowest BCUT2D eigenvalue weighted by Gasteiger charge is -2.20. The van der Waals surface area contributed by atoms with Crippen molar-refractivity contribution in [3.8, 4) is 0 Å². The first-order chi connectivity index (χ1) is 6.73. The van der Waals surface area contributed by atoms with Crippen molar-refractivity contribution in [3.05, 3.63) is 0 Å². The summed E-state index contributed by atoms with van der Waals surface area (Å²) in [5, 5.41) is 0. The molecule has 4 heteroatoms. The molecule has 92 valence electrons. The van der Waals surface area contributed by atoms with Crippen LogP contribution >= 0.6 is 7.60 Å². The zero-order valence-corrected chi connectivity index (χ0v) is 11.2. The molecule has 0 aromatic rings. The van der Waals surface area contributed by atoms with E-state index in [1.165, 1.54) is 0 Å². The van der Waals surface area contributed by atoms with Crippen LogP contribution in [0.25, 0.3) is 0 Å². The van der Waals surface area contributed by atoms with E-state index in [1.54, 1.807) is 0 Å². The molecule has 0 aromatic heterocycles. The first-order valence-electron chi connectivity index (χ1n) is 5.78. The molecule has 0 atom stereocenters. The van der Waals surface area contributed by atoms with E-state index in [0.717, 1.165) is 12.8 Å². The third kappa shape index (κ3) is 8.01. The predicted octanol–water partition coefficient (Wildman–Crippen LogP) is 3.41. The second kappa shape index (κ2) is 6.67. The summed E-state index contributed by atoms with van der Waals surface area (Å²) in [6.07, 6.45) is 3.09. The molecule has 0 spiro atoms. The minimum atomic E-state index is -3.89. The molecule has 3 nitrogen and oxygen atoms in total. The van der Waals surface area contributed by atoms with Gasteiger partial charge in [-0.1, -0.05) is 40.5 Å². The molecule has 15 heavy (non-hydrogen) atoms. The number of hydrogen-bond acceptors (Lipinski definition) is 1. The van der Waals surface area contributed by atoms with Crippen LogP contribution in [0, 0.1) is 11.8 Å². The summed E-state index contributed by atoms with van der Waals surface area (Å²) < 4.78 is 11.3. The van der Waals surface area contributed by atoms with E-state index in [4.69, 9.17) is 0 Å². The fourth-order valence-corrected chi connectivity index (χ4v) is 2.50. The maximum absolute atomic E-state index is 11.3. The van der Waals surface area contributed by atoms with Crippen LogP contribution < -0.4 is 0 Å². The molecule has 2 N–H and O–H groups in total. The molecule has 0 aliphatic heterocycles. The van der Waals surface area contributed by atoms with Crippen LogP contribution in [0.1, 0.15) is 53.4 Å². The average Bonchev–Trinajstić information content (AvgIpc) is 2.00. The highest BCUT2D eigenvalue weighted by molar-refractivity contribution is 7.52. The average molecular weight is 236 g/mol. The Hall–Kier alpha value is 0.150. The Kier molecular flexibility index (Phi) is 6.74. The Morgan fingerprint density at radius 3 is 1.40 bits per heavy atom. The Labute approximate surface area is 93.4 Å². The highest BCUT2D eigenvalue weighted by Crippen LogP contribution is 2.46. The van der Waals surface area contributed by atoms with E-state index in [2.05, 4.69) is 27.7 Å². The third-order valence-corrected chi connectivity index (χ3v) is 4.10. The Bertz CT molecular complexity index is 196. The summed E-state index contributed by atoms with van der Waals surface area (Å²) >= 11 is 0. The molecular weight excluding hydrogens is 211 g/mol. The fraction of sp³-hybridized carbons (Fsp3) is 1.00. The van der Waals surface area contributed by atoms with Crippen molar-refractivity contribution in [2.24, 2.45) is 11.8 Å². The van der Waals surface area contributed by atoms with E-state index in [1.807, 2.05) is 0 Å². The second-order valence-corrected chi connectivity index (χ2v) is 7.09. The maximum atomic E-state index is 11.3. The van der Waals surface area contributed by atoms with Gasteiger partial charge in [-0.15, -0.1) is 0 Å². The van der Waals surface area contributed by atoms with Gasteiger partial charge in [0.15, 0.2) is 0 Å². The molecule has 0 aliphatic rings. The highest BCUT2D eigenvalue weighted by atomic mass is 31.2.